The number of carbonyl (C=O) groups is 1. The Morgan fingerprint density at radius 3 is 2.33 bits per heavy atom. The molecule has 42 heavy (non-hydrogen) atoms. The van der Waals surface area contributed by atoms with E-state index in [1.165, 1.54) is 5.57 Å². The number of hydrogen-bond donors (Lipinski definition) is 5. The Balaban J connectivity index is 1.26. The summed E-state index contributed by atoms with van der Waals surface area (Å²) < 4.78 is 5.74. The maximum Gasteiger partial charge on any atom is 0.310 e. The van der Waals surface area contributed by atoms with Gasteiger partial charge in [0.25, 0.3) is 0 Å². The van der Waals surface area contributed by atoms with E-state index in [2.05, 4.69) is 26.8 Å². The number of aliphatic hydroxyl groups excluding tert-OH is 3. The third-order valence-corrected chi connectivity index (χ3v) is 14.2. The van der Waals surface area contributed by atoms with E-state index in [0.717, 1.165) is 64.2 Å². The predicted octanol–water partition coefficient (Wildman–Crippen LogP) is 4.20. The van der Waals surface area contributed by atoms with Crippen LogP contribution in [0.15, 0.2) is 11.6 Å². The minimum Gasteiger partial charge on any atom is -0.481 e. The van der Waals surface area contributed by atoms with Gasteiger partial charge in [-0.3, -0.25) is 4.79 Å². The van der Waals surface area contributed by atoms with E-state index in [1.807, 2.05) is 13.0 Å². The van der Waals surface area contributed by atoms with Crippen LogP contribution in [0.4, 0.5) is 0 Å². The van der Waals surface area contributed by atoms with Gasteiger partial charge in [0.05, 0.1) is 23.2 Å². The van der Waals surface area contributed by atoms with Crippen molar-refractivity contribution < 1.29 is 35.1 Å². The van der Waals surface area contributed by atoms with Crippen molar-refractivity contribution in [3.63, 3.8) is 0 Å². The lowest BCUT2D eigenvalue weighted by Gasteiger charge is -2.68. The molecule has 6 rings (SSSR count). The molecule has 0 spiro atoms. The standard InChI is InChI=1S/C34H51NO7/c1-18-7-13-34(30(39)40)14-9-21-20(22(34)15-18)5-6-25-31(21,2)12-10-26-32(25,3)11-8-19(33(26,4)41)16-23-27(36)29(38)28(37)24(17-35)42-23/h5,18-19,21-29,36-38,41H,6-16H2,1-4H3,(H,39,40)/t18?,19?,21?,22?,23?,24?,25?,26?,27?,28?,29?,31?,32?,33-,34?/m1/s1. The Kier molecular flexibility index (Phi) is 7.46. The molecule has 15 atom stereocenters. The first-order chi connectivity index (χ1) is 19.7. The van der Waals surface area contributed by atoms with E-state index in [1.54, 1.807) is 0 Å². The minimum atomic E-state index is -1.46. The SMILES string of the molecule is CC1CCC2(C(=O)O)CCC3C(=CCC4C3(C)CCC3C4(C)CCC(CC4OC(C#N)C(O)C(O)C4O)[C@@]3(C)O)C2C1. The summed E-state index contributed by atoms with van der Waals surface area (Å²) in [7, 11) is 0. The lowest BCUT2D eigenvalue weighted by atomic mass is 9.37. The van der Waals surface area contributed by atoms with E-state index < -0.39 is 47.5 Å². The Bertz CT molecular complexity index is 1160. The molecule has 234 valence electrons. The van der Waals surface area contributed by atoms with Crippen molar-refractivity contribution in [3.05, 3.63) is 11.6 Å². The first-order valence-electron chi connectivity index (χ1n) is 16.5. The second-order valence-electron chi connectivity index (χ2n) is 16.0. The summed E-state index contributed by atoms with van der Waals surface area (Å²) in [4.78, 5) is 12.7. The van der Waals surface area contributed by atoms with E-state index in [9.17, 15) is 35.6 Å². The van der Waals surface area contributed by atoms with Crippen molar-refractivity contribution in [1.29, 1.82) is 5.26 Å². The highest BCUT2D eigenvalue weighted by atomic mass is 16.5. The maximum atomic E-state index is 12.7. The number of rotatable bonds is 3. The first kappa shape index (κ1) is 30.5. The van der Waals surface area contributed by atoms with Gasteiger partial charge in [-0.15, -0.1) is 0 Å². The molecule has 6 aliphatic rings. The van der Waals surface area contributed by atoms with Crippen LogP contribution in [0.25, 0.3) is 0 Å². The maximum absolute atomic E-state index is 12.7. The predicted molar refractivity (Wildman–Crippen MR) is 155 cm³/mol. The second kappa shape index (κ2) is 10.3. The van der Waals surface area contributed by atoms with Crippen molar-refractivity contribution in [2.45, 2.75) is 134 Å². The number of allylic oxidation sites excluding steroid dienone is 2. The fourth-order valence-corrected chi connectivity index (χ4v) is 11.8. The largest absolute Gasteiger partial charge is 0.481 e. The summed E-state index contributed by atoms with van der Waals surface area (Å²) in [5.41, 5.74) is -0.234. The Morgan fingerprint density at radius 2 is 1.64 bits per heavy atom. The van der Waals surface area contributed by atoms with Gasteiger partial charge >= 0.3 is 5.97 Å². The Morgan fingerprint density at radius 1 is 0.952 bits per heavy atom. The number of aliphatic carboxylic acids is 1. The number of nitrogens with zero attached hydrogens (tertiary/aromatic N) is 1. The fraction of sp³-hybridized carbons (Fsp3) is 0.882. The molecule has 14 unspecified atom stereocenters. The topological polar surface area (TPSA) is 151 Å². The lowest BCUT2D eigenvalue weighted by Crippen LogP contribution is -2.64. The van der Waals surface area contributed by atoms with Crippen LogP contribution in [-0.4, -0.2) is 67.6 Å². The highest BCUT2D eigenvalue weighted by molar-refractivity contribution is 5.76. The Hall–Kier alpha value is -1.50. The lowest BCUT2D eigenvalue weighted by molar-refractivity contribution is -0.235. The molecule has 4 saturated carbocycles. The molecule has 0 aromatic heterocycles. The van der Waals surface area contributed by atoms with Crippen molar-refractivity contribution >= 4 is 5.97 Å². The van der Waals surface area contributed by atoms with Gasteiger partial charge in [-0.25, -0.2) is 0 Å². The normalized spacial score (nSPS) is 55.6. The number of carboxylic acid groups (broad SMARTS) is 1. The molecular weight excluding hydrogens is 534 g/mol. The van der Waals surface area contributed by atoms with Crippen LogP contribution < -0.4 is 0 Å². The molecule has 5 aliphatic carbocycles. The molecule has 0 bridgehead atoms. The van der Waals surface area contributed by atoms with Crippen molar-refractivity contribution in [3.8, 4) is 6.07 Å². The zero-order valence-corrected chi connectivity index (χ0v) is 25.7. The number of nitriles is 1. The average Bonchev–Trinajstić information content (AvgIpc) is 2.94. The van der Waals surface area contributed by atoms with Crippen molar-refractivity contribution in [1.82, 2.24) is 0 Å². The summed E-state index contributed by atoms with van der Waals surface area (Å²) in [5.74, 6) is 0.729. The van der Waals surface area contributed by atoms with Gasteiger partial charge in [-0.1, -0.05) is 32.4 Å². The van der Waals surface area contributed by atoms with E-state index >= 15 is 0 Å². The van der Waals surface area contributed by atoms with Crippen LogP contribution >= 0.6 is 0 Å². The quantitative estimate of drug-likeness (QED) is 0.309. The molecule has 0 aromatic rings. The van der Waals surface area contributed by atoms with E-state index in [0.29, 0.717) is 24.2 Å². The highest BCUT2D eigenvalue weighted by Gasteiger charge is 2.66. The summed E-state index contributed by atoms with van der Waals surface area (Å²) in [6.07, 6.45) is 5.39. The van der Waals surface area contributed by atoms with Gasteiger partial charge in [-0.2, -0.15) is 5.26 Å². The Labute approximate surface area is 250 Å². The summed E-state index contributed by atoms with van der Waals surface area (Å²) in [6.45, 7) is 9.03. The zero-order chi connectivity index (χ0) is 30.4. The molecule has 5 N–H and O–H groups in total. The van der Waals surface area contributed by atoms with Gasteiger partial charge in [0.1, 0.15) is 18.3 Å². The number of aliphatic hydroxyl groups is 4. The average molecular weight is 586 g/mol. The van der Waals surface area contributed by atoms with Crippen molar-refractivity contribution in [2.75, 3.05) is 0 Å². The monoisotopic (exact) mass is 585 g/mol. The first-order valence-corrected chi connectivity index (χ1v) is 16.5. The molecule has 0 radical (unpaired) electrons. The molecule has 8 heteroatoms. The zero-order valence-electron chi connectivity index (χ0n) is 25.7. The van der Waals surface area contributed by atoms with E-state index in [4.69, 9.17) is 4.74 Å². The van der Waals surface area contributed by atoms with Gasteiger partial charge in [0, 0.05) is 0 Å². The van der Waals surface area contributed by atoms with Gasteiger partial charge in [0.2, 0.25) is 0 Å². The molecular formula is C34H51NO7. The van der Waals surface area contributed by atoms with Crippen LogP contribution in [0.1, 0.15) is 98.3 Å². The van der Waals surface area contributed by atoms with Crippen LogP contribution in [0.2, 0.25) is 0 Å². The number of fused-ring (bicyclic) bond motifs is 7. The van der Waals surface area contributed by atoms with Crippen LogP contribution in [-0.2, 0) is 9.53 Å². The molecule has 5 fully saturated rings. The third kappa shape index (κ3) is 4.20. The molecule has 8 nitrogen and oxygen atoms in total. The van der Waals surface area contributed by atoms with Crippen molar-refractivity contribution in [2.24, 2.45) is 51.8 Å². The van der Waals surface area contributed by atoms with Gasteiger partial charge in [-0.05, 0) is 124 Å². The number of ether oxygens (including phenoxy) is 1. The van der Waals surface area contributed by atoms with Crippen LogP contribution in [0, 0.1) is 63.1 Å². The summed E-state index contributed by atoms with van der Waals surface area (Å²) >= 11 is 0. The minimum absolute atomic E-state index is 0.0520. The summed E-state index contributed by atoms with van der Waals surface area (Å²) in [6, 6.07) is 1.89. The fourth-order valence-electron chi connectivity index (χ4n) is 11.8. The van der Waals surface area contributed by atoms with E-state index in [-0.39, 0.29) is 28.6 Å². The molecule has 0 amide bonds. The van der Waals surface area contributed by atoms with Crippen LogP contribution in [0.5, 0.6) is 0 Å². The molecule has 0 aromatic carbocycles. The smallest absolute Gasteiger partial charge is 0.310 e. The number of carboxylic acids is 1. The van der Waals surface area contributed by atoms with Gasteiger partial charge in [0.15, 0.2) is 6.10 Å². The van der Waals surface area contributed by atoms with Gasteiger partial charge < -0.3 is 30.3 Å². The second-order valence-corrected chi connectivity index (χ2v) is 16.0. The highest BCUT2D eigenvalue weighted by Crippen LogP contribution is 2.71. The molecule has 1 aliphatic heterocycles. The molecule has 1 heterocycles. The molecule has 1 saturated heterocycles. The summed E-state index contributed by atoms with van der Waals surface area (Å²) in [5, 5.41) is 63.3. The third-order valence-electron chi connectivity index (χ3n) is 14.2. The number of hydrogen-bond acceptors (Lipinski definition) is 7. The van der Waals surface area contributed by atoms with Crippen LogP contribution in [0.3, 0.4) is 0 Å².